The van der Waals surface area contributed by atoms with Crippen molar-refractivity contribution in [2.75, 3.05) is 18.4 Å². The maximum atomic E-state index is 12.4. The minimum Gasteiger partial charge on any atom is -0.348 e. The lowest BCUT2D eigenvalue weighted by Crippen LogP contribution is -2.37. The molecule has 0 saturated carbocycles. The molecular weight excluding hydrogens is 302 g/mol. The van der Waals surface area contributed by atoms with E-state index in [9.17, 15) is 9.59 Å². The van der Waals surface area contributed by atoms with Gasteiger partial charge in [-0.05, 0) is 29.7 Å². The Bertz CT molecular complexity index is 816. The number of nitrogens with zero attached hydrogens (tertiary/aromatic N) is 1. The van der Waals surface area contributed by atoms with Gasteiger partial charge in [-0.15, -0.1) is 0 Å². The molecule has 0 aliphatic carbocycles. The number of anilines is 1. The predicted octanol–water partition coefficient (Wildman–Crippen LogP) is 1.93. The van der Waals surface area contributed by atoms with Crippen molar-refractivity contribution < 1.29 is 9.59 Å². The zero-order valence-electron chi connectivity index (χ0n) is 13.3. The number of hydrogen-bond acceptors (Lipinski definition) is 3. The first-order chi connectivity index (χ1) is 11.7. The number of benzene rings is 2. The lowest BCUT2D eigenvalue weighted by molar-refractivity contribution is -0.117. The zero-order valence-corrected chi connectivity index (χ0v) is 13.3. The fourth-order valence-electron chi connectivity index (χ4n) is 3.45. The highest BCUT2D eigenvalue weighted by molar-refractivity contribution is 6.02. The van der Waals surface area contributed by atoms with E-state index in [2.05, 4.69) is 33.7 Å². The monoisotopic (exact) mass is 321 g/mol. The summed E-state index contributed by atoms with van der Waals surface area (Å²) < 4.78 is 0. The van der Waals surface area contributed by atoms with Crippen LogP contribution in [0.2, 0.25) is 0 Å². The third-order valence-corrected chi connectivity index (χ3v) is 4.70. The summed E-state index contributed by atoms with van der Waals surface area (Å²) in [5.41, 5.74) is 4.93. The molecule has 122 valence electrons. The Hall–Kier alpha value is -2.66. The molecule has 2 aromatic rings. The van der Waals surface area contributed by atoms with E-state index in [1.54, 1.807) is 12.1 Å². The molecule has 2 aliphatic rings. The van der Waals surface area contributed by atoms with Crippen LogP contribution < -0.4 is 10.6 Å². The van der Waals surface area contributed by atoms with E-state index < -0.39 is 0 Å². The van der Waals surface area contributed by atoms with Crippen molar-refractivity contribution in [1.29, 1.82) is 0 Å². The average Bonchev–Trinajstić information content (AvgIpc) is 2.97. The first-order valence-corrected chi connectivity index (χ1v) is 8.20. The molecule has 0 saturated heterocycles. The summed E-state index contributed by atoms with van der Waals surface area (Å²) >= 11 is 0. The van der Waals surface area contributed by atoms with E-state index in [4.69, 9.17) is 0 Å². The van der Waals surface area contributed by atoms with Gasteiger partial charge in [0.05, 0.1) is 6.54 Å². The van der Waals surface area contributed by atoms with Crippen LogP contribution >= 0.6 is 0 Å². The molecule has 0 bridgehead atoms. The van der Waals surface area contributed by atoms with Crippen LogP contribution in [-0.4, -0.2) is 29.8 Å². The highest BCUT2D eigenvalue weighted by Gasteiger charge is 2.23. The topological polar surface area (TPSA) is 61.4 Å². The van der Waals surface area contributed by atoms with E-state index in [0.717, 1.165) is 30.8 Å². The standard InChI is InChI=1S/C19H19N3O2/c23-18(12-22-9-8-13-4-1-2-5-14(13)11-22)21-17-7-3-6-15-16(17)10-20-19(15)24/h1-7H,8-12H2,(H,20,24)(H,21,23). The minimum atomic E-state index is -0.0752. The van der Waals surface area contributed by atoms with Gasteiger partial charge in [0.1, 0.15) is 0 Å². The molecule has 0 radical (unpaired) electrons. The fraction of sp³-hybridized carbons (Fsp3) is 0.263. The molecule has 0 spiro atoms. The summed E-state index contributed by atoms with van der Waals surface area (Å²) in [4.78, 5) is 26.3. The summed E-state index contributed by atoms with van der Waals surface area (Å²) in [6.45, 7) is 2.52. The number of nitrogens with one attached hydrogen (secondary N) is 2. The lowest BCUT2D eigenvalue weighted by atomic mass is 10.00. The number of amides is 2. The molecule has 2 N–H and O–H groups in total. The van der Waals surface area contributed by atoms with Crippen molar-refractivity contribution in [3.05, 3.63) is 64.7 Å². The first kappa shape index (κ1) is 14.9. The Labute approximate surface area is 140 Å². The molecular formula is C19H19N3O2. The van der Waals surface area contributed by atoms with Gasteiger partial charge in [0.15, 0.2) is 0 Å². The number of rotatable bonds is 3. The zero-order chi connectivity index (χ0) is 16.5. The number of carbonyl (C=O) groups excluding carboxylic acids is 2. The average molecular weight is 321 g/mol. The molecule has 0 unspecified atom stereocenters. The molecule has 4 rings (SSSR count). The maximum Gasteiger partial charge on any atom is 0.251 e. The highest BCUT2D eigenvalue weighted by Crippen LogP contribution is 2.24. The second-order valence-corrected chi connectivity index (χ2v) is 6.29. The molecule has 2 heterocycles. The molecule has 5 heteroatoms. The quantitative estimate of drug-likeness (QED) is 0.908. The van der Waals surface area contributed by atoms with Gasteiger partial charge in [0.2, 0.25) is 5.91 Å². The normalized spacial score (nSPS) is 16.2. The van der Waals surface area contributed by atoms with Crippen molar-refractivity contribution in [3.8, 4) is 0 Å². The van der Waals surface area contributed by atoms with E-state index in [1.165, 1.54) is 11.1 Å². The van der Waals surface area contributed by atoms with E-state index in [-0.39, 0.29) is 11.8 Å². The van der Waals surface area contributed by atoms with Crippen LogP contribution in [0.1, 0.15) is 27.0 Å². The summed E-state index contributed by atoms with van der Waals surface area (Å²) in [7, 11) is 0. The van der Waals surface area contributed by atoms with Gasteiger partial charge >= 0.3 is 0 Å². The first-order valence-electron chi connectivity index (χ1n) is 8.20. The molecule has 0 atom stereocenters. The smallest absolute Gasteiger partial charge is 0.251 e. The molecule has 24 heavy (non-hydrogen) atoms. The molecule has 2 amide bonds. The van der Waals surface area contributed by atoms with Gasteiger partial charge in [-0.25, -0.2) is 0 Å². The van der Waals surface area contributed by atoms with Gasteiger partial charge in [-0.2, -0.15) is 0 Å². The van der Waals surface area contributed by atoms with Crippen LogP contribution in [0.25, 0.3) is 0 Å². The fourth-order valence-corrected chi connectivity index (χ4v) is 3.45. The van der Waals surface area contributed by atoms with Crippen LogP contribution in [0.4, 0.5) is 5.69 Å². The number of fused-ring (bicyclic) bond motifs is 2. The Morgan fingerprint density at radius 3 is 2.83 bits per heavy atom. The van der Waals surface area contributed by atoms with Crippen LogP contribution in [0, 0.1) is 0 Å². The van der Waals surface area contributed by atoms with E-state index in [1.807, 2.05) is 12.1 Å². The predicted molar refractivity (Wildman–Crippen MR) is 91.7 cm³/mol. The Balaban J connectivity index is 1.43. The van der Waals surface area contributed by atoms with Crippen LogP contribution in [0.5, 0.6) is 0 Å². The Morgan fingerprint density at radius 2 is 1.96 bits per heavy atom. The third-order valence-electron chi connectivity index (χ3n) is 4.70. The van der Waals surface area contributed by atoms with Crippen LogP contribution in [0.15, 0.2) is 42.5 Å². The Kier molecular flexibility index (Phi) is 3.78. The molecule has 0 fully saturated rings. The van der Waals surface area contributed by atoms with Crippen LogP contribution in [0.3, 0.4) is 0 Å². The SMILES string of the molecule is O=C(CN1CCc2ccccc2C1)Nc1cccc2c1CNC2=O. The van der Waals surface area contributed by atoms with Gasteiger partial charge in [0.25, 0.3) is 5.91 Å². The summed E-state index contributed by atoms with van der Waals surface area (Å²) in [6, 6.07) is 13.8. The highest BCUT2D eigenvalue weighted by atomic mass is 16.2. The maximum absolute atomic E-state index is 12.4. The largest absolute Gasteiger partial charge is 0.348 e. The summed E-state index contributed by atoms with van der Waals surface area (Å²) in [5, 5.41) is 5.75. The Morgan fingerprint density at radius 1 is 1.12 bits per heavy atom. The van der Waals surface area contributed by atoms with Gasteiger partial charge in [0, 0.05) is 36.4 Å². The lowest BCUT2D eigenvalue weighted by Gasteiger charge is -2.28. The van der Waals surface area contributed by atoms with Crippen molar-refractivity contribution in [3.63, 3.8) is 0 Å². The number of carbonyl (C=O) groups is 2. The second kappa shape index (κ2) is 6.09. The van der Waals surface area contributed by atoms with E-state index in [0.29, 0.717) is 18.7 Å². The summed E-state index contributed by atoms with van der Waals surface area (Å²) in [5.74, 6) is -0.115. The minimum absolute atomic E-state index is 0.0397. The summed E-state index contributed by atoms with van der Waals surface area (Å²) in [6.07, 6.45) is 0.975. The van der Waals surface area contributed by atoms with Crippen molar-refractivity contribution in [2.45, 2.75) is 19.5 Å². The molecule has 5 nitrogen and oxygen atoms in total. The molecule has 2 aromatic carbocycles. The molecule has 2 aliphatic heterocycles. The second-order valence-electron chi connectivity index (χ2n) is 6.29. The number of hydrogen-bond donors (Lipinski definition) is 2. The van der Waals surface area contributed by atoms with E-state index >= 15 is 0 Å². The van der Waals surface area contributed by atoms with Gasteiger partial charge < -0.3 is 10.6 Å². The van der Waals surface area contributed by atoms with Crippen molar-refractivity contribution >= 4 is 17.5 Å². The van der Waals surface area contributed by atoms with Crippen molar-refractivity contribution in [1.82, 2.24) is 10.2 Å². The van der Waals surface area contributed by atoms with Crippen LogP contribution in [-0.2, 0) is 24.3 Å². The van der Waals surface area contributed by atoms with Gasteiger partial charge in [-0.3, -0.25) is 14.5 Å². The third kappa shape index (κ3) is 2.78. The molecule has 0 aromatic heterocycles. The van der Waals surface area contributed by atoms with Gasteiger partial charge in [-0.1, -0.05) is 30.3 Å². The van der Waals surface area contributed by atoms with Crippen molar-refractivity contribution in [2.24, 2.45) is 0 Å².